The molecule has 0 radical (unpaired) electrons. The van der Waals surface area contributed by atoms with Gasteiger partial charge < -0.3 is 9.47 Å². The zero-order chi connectivity index (χ0) is 13.9. The van der Waals surface area contributed by atoms with Gasteiger partial charge in [0.15, 0.2) is 0 Å². The Morgan fingerprint density at radius 2 is 1.79 bits per heavy atom. The van der Waals surface area contributed by atoms with Gasteiger partial charge in [0.1, 0.15) is 11.5 Å². The molecule has 1 saturated carbocycles. The monoisotopic (exact) mass is 326 g/mol. The summed E-state index contributed by atoms with van der Waals surface area (Å²) < 4.78 is 10.8. The number of methoxy groups -OCH3 is 2. The Bertz CT molecular complexity index is 425. The lowest BCUT2D eigenvalue weighted by molar-refractivity contribution is 0.210. The highest BCUT2D eigenvalue weighted by Crippen LogP contribution is 2.52. The minimum atomic E-state index is 0.320. The average Bonchev–Trinajstić information content (AvgIpc) is 2.46. The second-order valence-corrected chi connectivity index (χ2v) is 6.60. The van der Waals surface area contributed by atoms with Gasteiger partial charge >= 0.3 is 0 Å². The molecule has 1 aromatic rings. The first-order valence-electron chi connectivity index (χ1n) is 6.97. The minimum absolute atomic E-state index is 0.320. The topological polar surface area (TPSA) is 18.5 Å². The lowest BCUT2D eigenvalue weighted by Gasteiger charge is -2.38. The van der Waals surface area contributed by atoms with Gasteiger partial charge in [-0.2, -0.15) is 0 Å². The maximum atomic E-state index is 5.53. The van der Waals surface area contributed by atoms with Crippen LogP contribution in [0.15, 0.2) is 18.2 Å². The summed E-state index contributed by atoms with van der Waals surface area (Å²) in [6, 6.07) is 6.10. The lowest BCUT2D eigenvalue weighted by Crippen LogP contribution is -2.25. The van der Waals surface area contributed by atoms with Gasteiger partial charge in [-0.1, -0.05) is 48.2 Å². The van der Waals surface area contributed by atoms with Crippen LogP contribution in [-0.4, -0.2) is 14.2 Å². The Labute approximate surface area is 124 Å². The minimum Gasteiger partial charge on any atom is -0.497 e. The van der Waals surface area contributed by atoms with Crippen LogP contribution >= 0.6 is 15.9 Å². The molecule has 1 unspecified atom stereocenters. The Morgan fingerprint density at radius 1 is 1.11 bits per heavy atom. The molecule has 19 heavy (non-hydrogen) atoms. The number of ether oxygens (including phenoxy) is 2. The van der Waals surface area contributed by atoms with E-state index in [4.69, 9.17) is 9.47 Å². The number of halogens is 1. The molecule has 2 nitrogen and oxygen atoms in total. The fraction of sp³-hybridized carbons (Fsp3) is 0.625. The van der Waals surface area contributed by atoms with Gasteiger partial charge in [0.05, 0.1) is 14.2 Å². The number of rotatable bonds is 4. The molecule has 0 aliphatic heterocycles. The van der Waals surface area contributed by atoms with Crippen molar-refractivity contribution >= 4 is 15.9 Å². The molecule has 0 saturated heterocycles. The molecule has 0 amide bonds. The van der Waals surface area contributed by atoms with Crippen LogP contribution in [0.2, 0.25) is 0 Å². The summed E-state index contributed by atoms with van der Waals surface area (Å²) in [4.78, 5) is 0.334. The maximum absolute atomic E-state index is 5.53. The van der Waals surface area contributed by atoms with Crippen molar-refractivity contribution in [1.82, 2.24) is 0 Å². The van der Waals surface area contributed by atoms with Gasteiger partial charge in [0, 0.05) is 16.5 Å². The largest absolute Gasteiger partial charge is 0.497 e. The van der Waals surface area contributed by atoms with Crippen LogP contribution < -0.4 is 9.47 Å². The number of hydrogen-bond donors (Lipinski definition) is 0. The first-order valence-corrected chi connectivity index (χ1v) is 7.88. The van der Waals surface area contributed by atoms with E-state index in [2.05, 4.69) is 28.9 Å². The number of benzene rings is 1. The lowest BCUT2D eigenvalue weighted by atomic mass is 9.72. The molecule has 1 atom stereocenters. The molecule has 1 aromatic carbocycles. The second kappa shape index (κ2) is 6.17. The van der Waals surface area contributed by atoms with E-state index in [0.29, 0.717) is 10.2 Å². The van der Waals surface area contributed by atoms with Crippen LogP contribution in [0.5, 0.6) is 11.5 Å². The quantitative estimate of drug-likeness (QED) is 0.716. The van der Waals surface area contributed by atoms with Crippen LogP contribution in [0, 0.1) is 5.41 Å². The van der Waals surface area contributed by atoms with E-state index in [-0.39, 0.29) is 0 Å². The molecule has 3 heteroatoms. The third-order valence-electron chi connectivity index (χ3n) is 4.32. The number of hydrogen-bond acceptors (Lipinski definition) is 2. The Morgan fingerprint density at radius 3 is 2.37 bits per heavy atom. The predicted molar refractivity (Wildman–Crippen MR) is 82.4 cm³/mol. The normalized spacial score (nSPS) is 19.8. The van der Waals surface area contributed by atoms with E-state index in [0.717, 1.165) is 11.5 Å². The third-order valence-corrected chi connectivity index (χ3v) is 5.92. The molecule has 0 N–H and O–H groups in total. The molecule has 0 spiro atoms. The fourth-order valence-corrected chi connectivity index (χ4v) is 3.85. The Balaban J connectivity index is 2.29. The second-order valence-electron chi connectivity index (χ2n) is 5.69. The van der Waals surface area contributed by atoms with Gasteiger partial charge in [-0.05, 0) is 24.3 Å². The molecular formula is C16H23BrO2. The molecule has 0 bridgehead atoms. The molecule has 0 aromatic heterocycles. The zero-order valence-corrected chi connectivity index (χ0v) is 13.6. The highest BCUT2D eigenvalue weighted by atomic mass is 79.9. The molecule has 106 valence electrons. The maximum Gasteiger partial charge on any atom is 0.126 e. The Hall–Kier alpha value is -0.700. The van der Waals surface area contributed by atoms with Crippen LogP contribution in [0.3, 0.4) is 0 Å². The van der Waals surface area contributed by atoms with Crippen molar-refractivity contribution in [2.75, 3.05) is 14.2 Å². The number of alkyl halides is 1. The zero-order valence-electron chi connectivity index (χ0n) is 12.0. The standard InChI is InChI=1S/C16H23BrO2/c1-16(9-5-4-6-10-16)15(17)13-8-7-12(18-2)11-14(13)19-3/h7-8,11,15H,4-6,9-10H2,1-3H3. The van der Waals surface area contributed by atoms with Gasteiger partial charge in [0.25, 0.3) is 0 Å². The summed E-state index contributed by atoms with van der Waals surface area (Å²) >= 11 is 3.92. The van der Waals surface area contributed by atoms with Gasteiger partial charge in [-0.3, -0.25) is 0 Å². The van der Waals surface area contributed by atoms with E-state index in [9.17, 15) is 0 Å². The highest BCUT2D eigenvalue weighted by Gasteiger charge is 2.36. The van der Waals surface area contributed by atoms with Crippen molar-refractivity contribution in [2.24, 2.45) is 5.41 Å². The van der Waals surface area contributed by atoms with Crippen molar-refractivity contribution in [1.29, 1.82) is 0 Å². The van der Waals surface area contributed by atoms with E-state index < -0.39 is 0 Å². The van der Waals surface area contributed by atoms with Gasteiger partial charge in [-0.25, -0.2) is 0 Å². The summed E-state index contributed by atoms with van der Waals surface area (Å²) in [6.45, 7) is 2.38. The van der Waals surface area contributed by atoms with E-state index in [1.807, 2.05) is 12.1 Å². The first-order chi connectivity index (χ1) is 9.10. The van der Waals surface area contributed by atoms with Crippen molar-refractivity contribution in [3.63, 3.8) is 0 Å². The van der Waals surface area contributed by atoms with Crippen molar-refractivity contribution in [2.45, 2.75) is 43.9 Å². The SMILES string of the molecule is COc1ccc(C(Br)C2(C)CCCCC2)c(OC)c1. The van der Waals surface area contributed by atoms with Crippen molar-refractivity contribution < 1.29 is 9.47 Å². The first kappa shape index (κ1) is 14.7. The van der Waals surface area contributed by atoms with E-state index in [1.54, 1.807) is 14.2 Å². The van der Waals surface area contributed by atoms with Crippen LogP contribution in [0.25, 0.3) is 0 Å². The van der Waals surface area contributed by atoms with Crippen molar-refractivity contribution in [3.05, 3.63) is 23.8 Å². The predicted octanol–water partition coefficient (Wildman–Crippen LogP) is 5.11. The third kappa shape index (κ3) is 3.07. The Kier molecular flexibility index (Phi) is 4.77. The summed E-state index contributed by atoms with van der Waals surface area (Å²) in [5.41, 5.74) is 1.55. The summed E-state index contributed by atoms with van der Waals surface area (Å²) in [6.07, 6.45) is 6.58. The van der Waals surface area contributed by atoms with Gasteiger partial charge in [0.2, 0.25) is 0 Å². The highest BCUT2D eigenvalue weighted by molar-refractivity contribution is 9.09. The molecular weight excluding hydrogens is 304 g/mol. The van der Waals surface area contributed by atoms with Crippen molar-refractivity contribution in [3.8, 4) is 11.5 Å². The van der Waals surface area contributed by atoms with Crippen LogP contribution in [0.1, 0.15) is 49.4 Å². The van der Waals surface area contributed by atoms with E-state index in [1.165, 1.54) is 37.7 Å². The van der Waals surface area contributed by atoms with Crippen LogP contribution in [0.4, 0.5) is 0 Å². The van der Waals surface area contributed by atoms with Crippen LogP contribution in [-0.2, 0) is 0 Å². The van der Waals surface area contributed by atoms with E-state index >= 15 is 0 Å². The van der Waals surface area contributed by atoms with Gasteiger partial charge in [-0.15, -0.1) is 0 Å². The molecule has 2 rings (SSSR count). The average molecular weight is 327 g/mol. The molecule has 1 aliphatic carbocycles. The smallest absolute Gasteiger partial charge is 0.126 e. The summed E-state index contributed by atoms with van der Waals surface area (Å²) in [5.74, 6) is 1.75. The fourth-order valence-electron chi connectivity index (χ4n) is 3.02. The summed E-state index contributed by atoms with van der Waals surface area (Å²) in [5, 5.41) is 0. The molecule has 1 fully saturated rings. The molecule has 1 aliphatic rings. The summed E-state index contributed by atoms with van der Waals surface area (Å²) in [7, 11) is 3.41. The molecule has 0 heterocycles.